The van der Waals surface area contributed by atoms with E-state index in [0.717, 1.165) is 0 Å². The van der Waals surface area contributed by atoms with Gasteiger partial charge in [-0.15, -0.1) is 0 Å². The van der Waals surface area contributed by atoms with Crippen LogP contribution >= 0.6 is 0 Å². The van der Waals surface area contributed by atoms with Gasteiger partial charge in [0.25, 0.3) is 0 Å². The summed E-state index contributed by atoms with van der Waals surface area (Å²) in [4.78, 5) is 26.6. The van der Waals surface area contributed by atoms with Crippen LogP contribution in [0.25, 0.3) is 0 Å². The zero-order valence-electron chi connectivity index (χ0n) is 11.5. The number of rotatable bonds is 6. The lowest BCUT2D eigenvalue weighted by Crippen LogP contribution is -2.11. The highest BCUT2D eigenvalue weighted by Crippen LogP contribution is 2.21. The molecule has 0 radical (unpaired) electrons. The van der Waals surface area contributed by atoms with E-state index in [1.165, 1.54) is 0 Å². The summed E-state index contributed by atoms with van der Waals surface area (Å²) in [6.45, 7) is 6.07. The zero-order chi connectivity index (χ0) is 14.4. The molecule has 1 rings (SSSR count). The van der Waals surface area contributed by atoms with Crippen molar-refractivity contribution in [3.63, 3.8) is 0 Å². The van der Waals surface area contributed by atoms with Crippen LogP contribution in [0.1, 0.15) is 46.0 Å². The van der Waals surface area contributed by atoms with Crippen LogP contribution in [0.15, 0.2) is 0 Å². The fourth-order valence-corrected chi connectivity index (χ4v) is 1.88. The first-order chi connectivity index (χ1) is 9.06. The van der Waals surface area contributed by atoms with Gasteiger partial charge in [0.05, 0.1) is 18.8 Å². The molecule has 0 spiro atoms. The van der Waals surface area contributed by atoms with E-state index in [0.29, 0.717) is 29.8 Å². The van der Waals surface area contributed by atoms with E-state index in [9.17, 15) is 9.59 Å². The molecule has 1 aromatic rings. The number of esters is 2. The SMILES string of the molecule is CCOC(=O)c1[nH]c(CCN)c(C(=O)OCC)c1C. The second-order valence-electron chi connectivity index (χ2n) is 3.96. The summed E-state index contributed by atoms with van der Waals surface area (Å²) in [7, 11) is 0. The molecule has 1 aromatic heterocycles. The van der Waals surface area contributed by atoms with Crippen molar-refractivity contribution in [2.45, 2.75) is 27.2 Å². The topological polar surface area (TPSA) is 94.4 Å². The molecule has 0 aliphatic rings. The van der Waals surface area contributed by atoms with Gasteiger partial charge in [-0.05, 0) is 32.9 Å². The molecule has 0 aromatic carbocycles. The first-order valence-corrected chi connectivity index (χ1v) is 6.32. The fraction of sp³-hybridized carbons (Fsp3) is 0.538. The number of nitrogens with two attached hydrogens (primary N) is 1. The van der Waals surface area contributed by atoms with Gasteiger partial charge in [0.1, 0.15) is 5.69 Å². The third-order valence-corrected chi connectivity index (χ3v) is 2.68. The number of ether oxygens (including phenoxy) is 2. The molecule has 0 amide bonds. The van der Waals surface area contributed by atoms with Crippen molar-refractivity contribution in [1.82, 2.24) is 4.98 Å². The van der Waals surface area contributed by atoms with Crippen LogP contribution in [0.3, 0.4) is 0 Å². The normalized spacial score (nSPS) is 10.3. The van der Waals surface area contributed by atoms with Gasteiger partial charge in [0.15, 0.2) is 0 Å². The van der Waals surface area contributed by atoms with Crippen molar-refractivity contribution in [2.75, 3.05) is 19.8 Å². The first-order valence-electron chi connectivity index (χ1n) is 6.32. The molecule has 0 aliphatic carbocycles. The molecule has 106 valence electrons. The fourth-order valence-electron chi connectivity index (χ4n) is 1.88. The average Bonchev–Trinajstić information content (AvgIpc) is 2.67. The Morgan fingerprint density at radius 1 is 1.16 bits per heavy atom. The van der Waals surface area contributed by atoms with Crippen molar-refractivity contribution in [3.05, 3.63) is 22.5 Å². The third kappa shape index (κ3) is 3.35. The third-order valence-electron chi connectivity index (χ3n) is 2.68. The van der Waals surface area contributed by atoms with Crippen LogP contribution in [0.4, 0.5) is 0 Å². The zero-order valence-corrected chi connectivity index (χ0v) is 11.5. The lowest BCUT2D eigenvalue weighted by Gasteiger charge is -2.04. The van der Waals surface area contributed by atoms with Gasteiger partial charge < -0.3 is 20.2 Å². The summed E-state index contributed by atoms with van der Waals surface area (Å²) in [5.41, 5.74) is 7.33. The van der Waals surface area contributed by atoms with Gasteiger partial charge in [-0.1, -0.05) is 0 Å². The maximum absolute atomic E-state index is 11.9. The number of aromatic amines is 1. The number of carbonyl (C=O) groups excluding carboxylic acids is 2. The molecule has 0 fully saturated rings. The number of nitrogens with one attached hydrogen (secondary N) is 1. The molecule has 0 saturated heterocycles. The van der Waals surface area contributed by atoms with Crippen LogP contribution in [0.5, 0.6) is 0 Å². The number of H-pyrrole nitrogens is 1. The van der Waals surface area contributed by atoms with Crippen LogP contribution in [0.2, 0.25) is 0 Å². The van der Waals surface area contributed by atoms with E-state index >= 15 is 0 Å². The largest absolute Gasteiger partial charge is 0.462 e. The highest BCUT2D eigenvalue weighted by atomic mass is 16.5. The van der Waals surface area contributed by atoms with Crippen molar-refractivity contribution in [2.24, 2.45) is 5.73 Å². The molecule has 1 heterocycles. The average molecular weight is 268 g/mol. The molecular weight excluding hydrogens is 248 g/mol. The Bertz CT molecular complexity index is 465. The molecular formula is C13H20N2O4. The highest BCUT2D eigenvalue weighted by Gasteiger charge is 2.24. The van der Waals surface area contributed by atoms with Crippen LogP contribution in [-0.4, -0.2) is 36.7 Å². The van der Waals surface area contributed by atoms with E-state index < -0.39 is 11.9 Å². The van der Waals surface area contributed by atoms with Crippen molar-refractivity contribution in [1.29, 1.82) is 0 Å². The molecule has 19 heavy (non-hydrogen) atoms. The lowest BCUT2D eigenvalue weighted by molar-refractivity contribution is 0.0517. The first kappa shape index (κ1) is 15.2. The van der Waals surface area contributed by atoms with Crippen LogP contribution < -0.4 is 5.73 Å². The van der Waals surface area contributed by atoms with E-state index in [-0.39, 0.29) is 18.9 Å². The van der Waals surface area contributed by atoms with E-state index in [1.807, 2.05) is 0 Å². The molecule has 6 nitrogen and oxygen atoms in total. The summed E-state index contributed by atoms with van der Waals surface area (Å²) in [6, 6.07) is 0. The van der Waals surface area contributed by atoms with Crippen molar-refractivity contribution < 1.29 is 19.1 Å². The Morgan fingerprint density at radius 2 is 1.74 bits per heavy atom. The Kier molecular flexibility index (Phi) is 5.57. The van der Waals surface area contributed by atoms with Crippen molar-refractivity contribution in [3.8, 4) is 0 Å². The van der Waals surface area contributed by atoms with E-state index in [1.54, 1.807) is 20.8 Å². The maximum Gasteiger partial charge on any atom is 0.355 e. The van der Waals surface area contributed by atoms with Gasteiger partial charge in [0.2, 0.25) is 0 Å². The Labute approximate surface area is 112 Å². The molecule has 3 N–H and O–H groups in total. The summed E-state index contributed by atoms with van der Waals surface area (Å²) < 4.78 is 9.94. The summed E-state index contributed by atoms with van der Waals surface area (Å²) in [6.07, 6.45) is 0.467. The predicted molar refractivity (Wildman–Crippen MR) is 70.2 cm³/mol. The Morgan fingerprint density at radius 3 is 2.26 bits per heavy atom. The van der Waals surface area contributed by atoms with Gasteiger partial charge in [-0.2, -0.15) is 0 Å². The van der Waals surface area contributed by atoms with Gasteiger partial charge in [-0.25, -0.2) is 9.59 Å². The minimum absolute atomic E-state index is 0.276. The summed E-state index contributed by atoms with van der Waals surface area (Å²) in [5.74, 6) is -0.927. The molecule has 6 heteroatoms. The smallest absolute Gasteiger partial charge is 0.355 e. The number of aromatic nitrogens is 1. The number of carbonyl (C=O) groups is 2. The molecule has 0 atom stereocenters. The van der Waals surface area contributed by atoms with E-state index in [2.05, 4.69) is 4.98 Å². The highest BCUT2D eigenvalue weighted by molar-refractivity contribution is 5.98. The second kappa shape index (κ2) is 6.94. The monoisotopic (exact) mass is 268 g/mol. The standard InChI is InChI=1S/C13H20N2O4/c1-4-18-12(16)10-8(3)11(13(17)19-5-2)15-9(10)6-7-14/h15H,4-7,14H2,1-3H3. The molecule has 0 saturated carbocycles. The molecule has 0 unspecified atom stereocenters. The number of hydrogen-bond donors (Lipinski definition) is 2. The summed E-state index contributed by atoms with van der Waals surface area (Å²) in [5, 5.41) is 0. The van der Waals surface area contributed by atoms with Crippen LogP contribution in [0, 0.1) is 6.92 Å². The molecule has 0 aliphatic heterocycles. The number of hydrogen-bond acceptors (Lipinski definition) is 5. The van der Waals surface area contributed by atoms with Crippen molar-refractivity contribution >= 4 is 11.9 Å². The molecule has 0 bridgehead atoms. The quantitative estimate of drug-likeness (QED) is 0.755. The Hall–Kier alpha value is -1.82. The van der Waals surface area contributed by atoms with Gasteiger partial charge >= 0.3 is 11.9 Å². The Balaban J connectivity index is 3.19. The minimum Gasteiger partial charge on any atom is -0.462 e. The van der Waals surface area contributed by atoms with Gasteiger partial charge in [-0.3, -0.25) is 0 Å². The minimum atomic E-state index is -0.478. The summed E-state index contributed by atoms with van der Waals surface area (Å²) >= 11 is 0. The second-order valence-corrected chi connectivity index (χ2v) is 3.96. The predicted octanol–water partition coefficient (Wildman–Crippen LogP) is 1.18. The lowest BCUT2D eigenvalue weighted by atomic mass is 10.1. The maximum atomic E-state index is 11.9. The van der Waals surface area contributed by atoms with Gasteiger partial charge in [0, 0.05) is 12.1 Å². The van der Waals surface area contributed by atoms with Crippen LogP contribution in [-0.2, 0) is 15.9 Å². The van der Waals surface area contributed by atoms with E-state index in [4.69, 9.17) is 15.2 Å².